The van der Waals surface area contributed by atoms with E-state index in [4.69, 9.17) is 9.47 Å². The van der Waals surface area contributed by atoms with Crippen molar-refractivity contribution < 1.29 is 19.1 Å². The zero-order valence-electron chi connectivity index (χ0n) is 16.3. The lowest BCUT2D eigenvalue weighted by Crippen LogP contribution is -2.43. The maximum Gasteiger partial charge on any atom is 0.419 e. The molecule has 0 saturated carbocycles. The second kappa shape index (κ2) is 10.4. The normalized spacial score (nSPS) is 16.3. The van der Waals surface area contributed by atoms with Gasteiger partial charge in [-0.05, 0) is 30.5 Å². The topological polar surface area (TPSA) is 55.8 Å². The fraction of sp³-hybridized carbons (Fsp3) is 0.250. The fourth-order valence-corrected chi connectivity index (χ4v) is 3.19. The summed E-state index contributed by atoms with van der Waals surface area (Å²) in [6.07, 6.45) is 4.14. The average Bonchev–Trinajstić information content (AvgIpc) is 2.75. The molecule has 1 unspecified atom stereocenters. The third-order valence-electron chi connectivity index (χ3n) is 4.73. The number of Topliss-reactive ketones (excluding diaryl/α,β-unsaturated/α-hetero) is 1. The molecule has 0 radical (unpaired) electrons. The van der Waals surface area contributed by atoms with E-state index in [9.17, 15) is 9.59 Å². The highest BCUT2D eigenvalue weighted by atomic mass is 16.6. The van der Waals surface area contributed by atoms with Crippen LogP contribution in [-0.2, 0) is 16.1 Å². The summed E-state index contributed by atoms with van der Waals surface area (Å²) in [7, 11) is 0. The lowest BCUT2D eigenvalue weighted by Gasteiger charge is -2.31. The molecule has 0 bridgehead atoms. The van der Waals surface area contributed by atoms with Crippen LogP contribution in [0.4, 0.5) is 4.79 Å². The SMILES string of the molecule is C=CC1=CN(C(=O)Oc2ccccc2)C(CCCOCc2ccccc2)CC1=O. The van der Waals surface area contributed by atoms with Crippen molar-refractivity contribution in [2.75, 3.05) is 6.61 Å². The maximum atomic E-state index is 12.7. The van der Waals surface area contributed by atoms with Gasteiger partial charge in [0.05, 0.1) is 6.61 Å². The van der Waals surface area contributed by atoms with Gasteiger partial charge in [-0.1, -0.05) is 61.2 Å². The van der Waals surface area contributed by atoms with Crippen molar-refractivity contribution in [3.8, 4) is 5.75 Å². The molecule has 0 aromatic heterocycles. The van der Waals surface area contributed by atoms with Crippen LogP contribution < -0.4 is 4.74 Å². The van der Waals surface area contributed by atoms with Gasteiger partial charge in [-0.15, -0.1) is 0 Å². The summed E-state index contributed by atoms with van der Waals surface area (Å²) in [5, 5.41) is 0. The van der Waals surface area contributed by atoms with Gasteiger partial charge in [-0.3, -0.25) is 9.69 Å². The first-order valence-electron chi connectivity index (χ1n) is 9.71. The highest BCUT2D eigenvalue weighted by Gasteiger charge is 2.31. The van der Waals surface area contributed by atoms with Crippen molar-refractivity contribution in [3.63, 3.8) is 0 Å². The number of carbonyl (C=O) groups excluding carboxylic acids is 2. The first-order chi connectivity index (χ1) is 14.2. The van der Waals surface area contributed by atoms with Crippen LogP contribution in [0.15, 0.2) is 85.1 Å². The van der Waals surface area contributed by atoms with E-state index < -0.39 is 6.09 Å². The van der Waals surface area contributed by atoms with Gasteiger partial charge in [0, 0.05) is 30.8 Å². The molecule has 1 aliphatic heterocycles. The molecule has 0 aliphatic carbocycles. The molecule has 29 heavy (non-hydrogen) atoms. The van der Waals surface area contributed by atoms with E-state index in [0.29, 0.717) is 31.0 Å². The second-order valence-electron chi connectivity index (χ2n) is 6.84. The minimum atomic E-state index is -0.502. The zero-order valence-corrected chi connectivity index (χ0v) is 16.3. The minimum Gasteiger partial charge on any atom is -0.410 e. The summed E-state index contributed by atoms with van der Waals surface area (Å²) in [5.74, 6) is 0.451. The van der Waals surface area contributed by atoms with Crippen LogP contribution in [0, 0.1) is 0 Å². The van der Waals surface area contributed by atoms with Gasteiger partial charge < -0.3 is 9.47 Å². The molecule has 1 amide bonds. The van der Waals surface area contributed by atoms with Crippen LogP contribution in [0.2, 0.25) is 0 Å². The van der Waals surface area contributed by atoms with E-state index in [2.05, 4.69) is 6.58 Å². The summed E-state index contributed by atoms with van der Waals surface area (Å²) in [6, 6.07) is 18.6. The van der Waals surface area contributed by atoms with Gasteiger partial charge in [0.2, 0.25) is 0 Å². The molecule has 1 aliphatic rings. The number of rotatable bonds is 8. The van der Waals surface area contributed by atoms with Gasteiger partial charge in [-0.2, -0.15) is 0 Å². The summed E-state index contributed by atoms with van der Waals surface area (Å²) >= 11 is 0. The number of allylic oxidation sites excluding steroid dienone is 2. The highest BCUT2D eigenvalue weighted by molar-refractivity contribution is 5.99. The average molecular weight is 391 g/mol. The summed E-state index contributed by atoms with van der Waals surface area (Å²) in [4.78, 5) is 26.5. The number of hydrogen-bond acceptors (Lipinski definition) is 4. The minimum absolute atomic E-state index is 0.0148. The number of carbonyl (C=O) groups is 2. The highest BCUT2D eigenvalue weighted by Crippen LogP contribution is 2.24. The molecule has 5 nitrogen and oxygen atoms in total. The van der Waals surface area contributed by atoms with E-state index in [0.717, 1.165) is 12.0 Å². The Morgan fingerprint density at radius 2 is 1.79 bits per heavy atom. The Morgan fingerprint density at radius 1 is 1.10 bits per heavy atom. The van der Waals surface area contributed by atoms with Crippen LogP contribution >= 0.6 is 0 Å². The largest absolute Gasteiger partial charge is 0.419 e. The zero-order chi connectivity index (χ0) is 20.5. The number of hydrogen-bond donors (Lipinski definition) is 0. The molecular weight excluding hydrogens is 366 g/mol. The van der Waals surface area contributed by atoms with E-state index in [1.54, 1.807) is 30.5 Å². The number of benzene rings is 2. The van der Waals surface area contributed by atoms with Crippen molar-refractivity contribution in [1.29, 1.82) is 0 Å². The molecular formula is C24H25NO4. The molecule has 0 spiro atoms. The second-order valence-corrected chi connectivity index (χ2v) is 6.84. The molecule has 150 valence electrons. The van der Waals surface area contributed by atoms with E-state index in [-0.39, 0.29) is 18.2 Å². The van der Waals surface area contributed by atoms with Gasteiger partial charge in [-0.25, -0.2) is 4.79 Å². The molecule has 3 rings (SSSR count). The molecule has 1 atom stereocenters. The van der Waals surface area contributed by atoms with E-state index in [1.807, 2.05) is 36.4 Å². The number of nitrogens with zero attached hydrogens (tertiary/aromatic N) is 1. The number of ether oxygens (including phenoxy) is 2. The standard InChI is InChI=1S/C24H25NO4/c1-2-20-17-25(24(27)29-22-13-7-4-8-14-22)21(16-23(20)26)12-9-15-28-18-19-10-5-3-6-11-19/h2-8,10-11,13-14,17,21H,1,9,12,15-16,18H2. The van der Waals surface area contributed by atoms with Crippen LogP contribution in [0.25, 0.3) is 0 Å². The smallest absolute Gasteiger partial charge is 0.410 e. The summed E-state index contributed by atoms with van der Waals surface area (Å²) in [5.41, 5.74) is 1.54. The Hall–Kier alpha value is -3.18. The van der Waals surface area contributed by atoms with Crippen LogP contribution in [0.3, 0.4) is 0 Å². The van der Waals surface area contributed by atoms with Gasteiger partial charge in [0.1, 0.15) is 5.75 Å². The van der Waals surface area contributed by atoms with Crippen molar-refractivity contribution in [2.24, 2.45) is 0 Å². The van der Waals surface area contributed by atoms with Crippen molar-refractivity contribution >= 4 is 11.9 Å². The van der Waals surface area contributed by atoms with E-state index in [1.165, 1.54) is 11.0 Å². The van der Waals surface area contributed by atoms with Gasteiger partial charge in [0.25, 0.3) is 0 Å². The van der Waals surface area contributed by atoms with Gasteiger partial charge in [0.15, 0.2) is 5.78 Å². The van der Waals surface area contributed by atoms with Gasteiger partial charge >= 0.3 is 6.09 Å². The molecule has 2 aromatic rings. The Morgan fingerprint density at radius 3 is 2.48 bits per heavy atom. The Labute approximate surface area is 171 Å². The quantitative estimate of drug-likeness (QED) is 0.601. The first-order valence-corrected chi connectivity index (χ1v) is 9.71. The number of amides is 1. The molecule has 1 heterocycles. The molecule has 0 fully saturated rings. The van der Waals surface area contributed by atoms with Crippen LogP contribution in [0.1, 0.15) is 24.8 Å². The third-order valence-corrected chi connectivity index (χ3v) is 4.73. The van der Waals surface area contributed by atoms with Crippen molar-refractivity contribution in [1.82, 2.24) is 4.90 Å². The Balaban J connectivity index is 1.57. The summed E-state index contributed by atoms with van der Waals surface area (Å²) < 4.78 is 11.2. The maximum absolute atomic E-state index is 12.7. The first kappa shape index (κ1) is 20.6. The molecule has 5 heteroatoms. The Kier molecular flexibility index (Phi) is 7.36. The Bertz CT molecular complexity index is 861. The number of ketones is 1. The predicted molar refractivity (Wildman–Crippen MR) is 111 cm³/mol. The monoisotopic (exact) mass is 391 g/mol. The number of para-hydroxylation sites is 1. The van der Waals surface area contributed by atoms with Crippen LogP contribution in [0.5, 0.6) is 5.75 Å². The molecule has 2 aromatic carbocycles. The molecule has 0 saturated heterocycles. The van der Waals surface area contributed by atoms with E-state index >= 15 is 0 Å². The fourth-order valence-electron chi connectivity index (χ4n) is 3.19. The van der Waals surface area contributed by atoms with Crippen molar-refractivity contribution in [3.05, 3.63) is 90.7 Å². The van der Waals surface area contributed by atoms with Crippen molar-refractivity contribution in [2.45, 2.75) is 31.9 Å². The van der Waals surface area contributed by atoms with Crippen LogP contribution in [-0.4, -0.2) is 29.4 Å². The third kappa shape index (κ3) is 5.90. The lowest BCUT2D eigenvalue weighted by atomic mass is 9.96. The summed E-state index contributed by atoms with van der Waals surface area (Å²) in [6.45, 7) is 4.77. The molecule has 0 N–H and O–H groups in total. The predicted octanol–water partition coefficient (Wildman–Crippen LogP) is 4.90. The lowest BCUT2D eigenvalue weighted by molar-refractivity contribution is -0.116.